The van der Waals surface area contributed by atoms with Crippen LogP contribution >= 0.6 is 0 Å². The fourth-order valence-electron chi connectivity index (χ4n) is 2.12. The molecule has 0 aliphatic carbocycles. The van der Waals surface area contributed by atoms with E-state index in [-0.39, 0.29) is 26.4 Å². The Hall–Kier alpha value is -2.32. The second-order valence-electron chi connectivity index (χ2n) is 8.45. The van der Waals surface area contributed by atoms with Crippen molar-refractivity contribution in [3.05, 3.63) is 24.3 Å². The van der Waals surface area contributed by atoms with Gasteiger partial charge < -0.3 is 28.4 Å². The zero-order valence-corrected chi connectivity index (χ0v) is 18.8. The van der Waals surface area contributed by atoms with E-state index in [2.05, 4.69) is 0 Å². The molecule has 1 aromatic rings. The quantitative estimate of drug-likeness (QED) is 0.372. The van der Waals surface area contributed by atoms with Gasteiger partial charge in [-0.2, -0.15) is 0 Å². The minimum Gasteiger partial charge on any atom is -0.491 e. The molecule has 8 heteroatoms. The fourth-order valence-corrected chi connectivity index (χ4v) is 2.12. The molecule has 8 nitrogen and oxygen atoms in total. The zero-order chi connectivity index (χ0) is 22.6. The van der Waals surface area contributed by atoms with Crippen molar-refractivity contribution >= 4 is 11.9 Å². The molecule has 0 spiro atoms. The lowest BCUT2D eigenvalue weighted by Crippen LogP contribution is -2.27. The summed E-state index contributed by atoms with van der Waals surface area (Å²) in [5, 5.41) is 0. The van der Waals surface area contributed by atoms with Crippen LogP contribution in [0.15, 0.2) is 24.3 Å². The number of esters is 2. The van der Waals surface area contributed by atoms with E-state index in [1.165, 1.54) is 0 Å². The smallest absolute Gasteiger partial charge is 0.332 e. The molecule has 0 heterocycles. The summed E-state index contributed by atoms with van der Waals surface area (Å²) in [4.78, 5) is 23.0. The summed E-state index contributed by atoms with van der Waals surface area (Å²) in [6.07, 6.45) is 0. The monoisotopic (exact) mass is 426 g/mol. The normalized spacial score (nSPS) is 11.7. The molecule has 0 unspecified atom stereocenters. The third-order valence-electron chi connectivity index (χ3n) is 3.10. The first kappa shape index (κ1) is 25.7. The van der Waals surface area contributed by atoms with Gasteiger partial charge in [0.2, 0.25) is 0 Å². The Morgan fingerprint density at radius 1 is 0.633 bits per heavy atom. The molecule has 0 aromatic heterocycles. The van der Waals surface area contributed by atoms with Gasteiger partial charge in [-0.15, -0.1) is 0 Å². The van der Waals surface area contributed by atoms with Crippen LogP contribution in [0.2, 0.25) is 0 Å². The van der Waals surface area contributed by atoms with Gasteiger partial charge in [0.25, 0.3) is 0 Å². The Labute approximate surface area is 178 Å². The maximum atomic E-state index is 11.5. The van der Waals surface area contributed by atoms with E-state index in [0.29, 0.717) is 24.7 Å². The minimum atomic E-state index is -0.523. The molecule has 0 fully saturated rings. The van der Waals surface area contributed by atoms with Crippen molar-refractivity contribution in [3.8, 4) is 11.5 Å². The van der Waals surface area contributed by atoms with E-state index in [4.69, 9.17) is 28.4 Å². The van der Waals surface area contributed by atoms with Crippen molar-refractivity contribution < 1.29 is 38.0 Å². The topological polar surface area (TPSA) is 89.5 Å². The highest BCUT2D eigenvalue weighted by molar-refractivity contribution is 5.71. The van der Waals surface area contributed by atoms with Crippen LogP contribution in [-0.4, -0.2) is 62.8 Å². The summed E-state index contributed by atoms with van der Waals surface area (Å²) in [5.74, 6) is 0.506. The van der Waals surface area contributed by atoms with Gasteiger partial charge >= 0.3 is 11.9 Å². The Morgan fingerprint density at radius 3 is 1.27 bits per heavy atom. The van der Waals surface area contributed by atoms with Gasteiger partial charge in [-0.1, -0.05) is 0 Å². The van der Waals surface area contributed by atoms with Gasteiger partial charge in [0.05, 0.1) is 13.2 Å². The van der Waals surface area contributed by atoms with Gasteiger partial charge in [-0.05, 0) is 65.8 Å². The van der Waals surface area contributed by atoms with Crippen LogP contribution in [0.1, 0.15) is 41.5 Å². The number of hydrogen-bond acceptors (Lipinski definition) is 8. The number of carbonyl (C=O) groups excluding carboxylic acids is 2. The Morgan fingerprint density at radius 2 is 0.967 bits per heavy atom. The molecule has 0 aliphatic heterocycles. The molecule has 170 valence electrons. The van der Waals surface area contributed by atoms with Crippen LogP contribution in [0, 0.1) is 0 Å². The van der Waals surface area contributed by atoms with E-state index < -0.39 is 23.1 Å². The predicted octanol–water partition coefficient (Wildman–Crippen LogP) is 3.16. The molecule has 0 radical (unpaired) electrons. The average Bonchev–Trinajstić information content (AvgIpc) is 2.59. The van der Waals surface area contributed by atoms with Crippen molar-refractivity contribution in [1.29, 1.82) is 0 Å². The summed E-state index contributed by atoms with van der Waals surface area (Å²) in [6.45, 7) is 11.8. The number of benzene rings is 1. The Balaban J connectivity index is 2.13. The molecular weight excluding hydrogens is 392 g/mol. The second-order valence-corrected chi connectivity index (χ2v) is 8.45. The maximum Gasteiger partial charge on any atom is 0.332 e. The standard InChI is InChI=1S/C22H34O8/c1-21(2,3)29-19(23)15-25-11-13-27-17-7-9-18(10-8-17)28-14-12-26-16-20(24)30-22(4,5)6/h7-10H,11-16H2,1-6H3. The first-order valence-electron chi connectivity index (χ1n) is 9.89. The summed E-state index contributed by atoms with van der Waals surface area (Å²) in [5.41, 5.74) is -1.05. The number of hydrogen-bond donors (Lipinski definition) is 0. The van der Waals surface area contributed by atoms with Crippen molar-refractivity contribution in [2.45, 2.75) is 52.7 Å². The molecule has 0 saturated carbocycles. The van der Waals surface area contributed by atoms with Crippen LogP contribution < -0.4 is 9.47 Å². The van der Waals surface area contributed by atoms with Crippen molar-refractivity contribution in [3.63, 3.8) is 0 Å². The van der Waals surface area contributed by atoms with E-state index in [1.54, 1.807) is 65.8 Å². The predicted molar refractivity (Wildman–Crippen MR) is 111 cm³/mol. The lowest BCUT2D eigenvalue weighted by atomic mass is 10.2. The van der Waals surface area contributed by atoms with Gasteiger partial charge in [0, 0.05) is 0 Å². The van der Waals surface area contributed by atoms with Gasteiger partial charge in [0.1, 0.15) is 49.1 Å². The number of rotatable bonds is 12. The lowest BCUT2D eigenvalue weighted by Gasteiger charge is -2.19. The molecule has 1 rings (SSSR count). The third-order valence-corrected chi connectivity index (χ3v) is 3.10. The van der Waals surface area contributed by atoms with E-state index >= 15 is 0 Å². The van der Waals surface area contributed by atoms with Crippen LogP contribution in [0.25, 0.3) is 0 Å². The van der Waals surface area contributed by atoms with Crippen molar-refractivity contribution in [2.75, 3.05) is 39.6 Å². The highest BCUT2D eigenvalue weighted by Gasteiger charge is 2.16. The summed E-state index contributed by atoms with van der Waals surface area (Å²) >= 11 is 0. The minimum absolute atomic E-state index is 0.108. The lowest BCUT2D eigenvalue weighted by molar-refractivity contribution is -0.161. The summed E-state index contributed by atoms with van der Waals surface area (Å²) < 4.78 is 31.8. The van der Waals surface area contributed by atoms with Crippen molar-refractivity contribution in [2.24, 2.45) is 0 Å². The maximum absolute atomic E-state index is 11.5. The largest absolute Gasteiger partial charge is 0.491 e. The molecule has 30 heavy (non-hydrogen) atoms. The number of carbonyl (C=O) groups is 2. The molecule has 0 aliphatic rings. The number of ether oxygens (including phenoxy) is 6. The van der Waals surface area contributed by atoms with Gasteiger partial charge in [-0.3, -0.25) is 0 Å². The van der Waals surface area contributed by atoms with Crippen LogP contribution in [0.5, 0.6) is 11.5 Å². The molecule has 0 atom stereocenters. The fraction of sp³-hybridized carbons (Fsp3) is 0.636. The molecule has 0 N–H and O–H groups in total. The average molecular weight is 427 g/mol. The highest BCUT2D eigenvalue weighted by Crippen LogP contribution is 2.17. The van der Waals surface area contributed by atoms with E-state index in [0.717, 1.165) is 0 Å². The Kier molecular flexibility index (Phi) is 10.6. The Bertz CT molecular complexity index is 584. The van der Waals surface area contributed by atoms with Crippen LogP contribution in [0.4, 0.5) is 0 Å². The highest BCUT2D eigenvalue weighted by atomic mass is 16.6. The molecular formula is C22H34O8. The third kappa shape index (κ3) is 13.8. The van der Waals surface area contributed by atoms with E-state index in [9.17, 15) is 9.59 Å². The van der Waals surface area contributed by atoms with Crippen molar-refractivity contribution in [1.82, 2.24) is 0 Å². The van der Waals surface area contributed by atoms with Gasteiger partial charge in [0.15, 0.2) is 0 Å². The molecule has 0 amide bonds. The zero-order valence-electron chi connectivity index (χ0n) is 18.8. The first-order chi connectivity index (χ1) is 13.9. The SMILES string of the molecule is CC(C)(C)OC(=O)COCCOc1ccc(OCCOCC(=O)OC(C)(C)C)cc1. The first-order valence-corrected chi connectivity index (χ1v) is 9.89. The summed E-state index contributed by atoms with van der Waals surface area (Å²) in [6, 6.07) is 7.07. The van der Waals surface area contributed by atoms with E-state index in [1.807, 2.05) is 0 Å². The summed E-state index contributed by atoms with van der Waals surface area (Å²) in [7, 11) is 0. The molecule has 0 bridgehead atoms. The molecule has 1 aromatic carbocycles. The second kappa shape index (κ2) is 12.4. The van der Waals surface area contributed by atoms with Crippen LogP contribution in [-0.2, 0) is 28.5 Å². The van der Waals surface area contributed by atoms with Gasteiger partial charge in [-0.25, -0.2) is 9.59 Å². The molecule has 0 saturated heterocycles. The van der Waals surface area contributed by atoms with Crippen LogP contribution in [0.3, 0.4) is 0 Å².